The number of methoxy groups -OCH3 is 2. The molecular weight excluding hydrogens is 438 g/mol. The van der Waals surface area contributed by atoms with Gasteiger partial charge >= 0.3 is 0 Å². The second-order valence-electron chi connectivity index (χ2n) is 13.0. The van der Waals surface area contributed by atoms with E-state index in [1.807, 2.05) is 7.11 Å². The Hall–Kier alpha value is -1.59. The summed E-state index contributed by atoms with van der Waals surface area (Å²) in [6.07, 6.45) is 9.46. The quantitative estimate of drug-likeness (QED) is 0.529. The number of rotatable bonds is 8. The largest absolute Gasteiger partial charge is 0.493 e. The minimum atomic E-state index is -0.544. The van der Waals surface area contributed by atoms with Crippen molar-refractivity contribution in [3.05, 3.63) is 23.3 Å². The molecule has 190 valence electrons. The molecule has 1 aromatic carbocycles. The topological polar surface area (TPSA) is 48.0 Å². The zero-order valence-corrected chi connectivity index (χ0v) is 21.9. The lowest BCUT2D eigenvalue weighted by molar-refractivity contribution is -0.272. The number of hydrogen-bond acceptors (Lipinski definition) is 5. The summed E-state index contributed by atoms with van der Waals surface area (Å²) >= 11 is 0. The van der Waals surface area contributed by atoms with Gasteiger partial charge in [0.2, 0.25) is 0 Å². The van der Waals surface area contributed by atoms with Gasteiger partial charge in [0.05, 0.1) is 13.0 Å². The molecule has 0 aromatic heterocycles. The van der Waals surface area contributed by atoms with Gasteiger partial charge < -0.3 is 14.2 Å². The molecule has 2 aliphatic heterocycles. The SMILES string of the molecule is COc1ccc2c3c1O[C@H]1[C@@]4(OC)CC[C@@]5(C[C@@H]4C(=O)CCC(C)C)[C@@H](C2)N(CC2CC2)CC[C@]315. The Labute approximate surface area is 209 Å². The molecule has 5 nitrogen and oxygen atoms in total. The predicted molar refractivity (Wildman–Crippen MR) is 134 cm³/mol. The first-order chi connectivity index (χ1) is 16.9. The molecule has 35 heavy (non-hydrogen) atoms. The molecule has 4 saturated carbocycles. The van der Waals surface area contributed by atoms with Crippen LogP contribution in [0.4, 0.5) is 0 Å². The fourth-order valence-corrected chi connectivity index (χ4v) is 9.52. The molecule has 5 aliphatic carbocycles. The van der Waals surface area contributed by atoms with Gasteiger partial charge in [-0.05, 0) is 81.4 Å². The third-order valence-electron chi connectivity index (χ3n) is 11.2. The van der Waals surface area contributed by atoms with Gasteiger partial charge in [-0.2, -0.15) is 0 Å². The molecule has 0 N–H and O–H groups in total. The second-order valence-corrected chi connectivity index (χ2v) is 13.0. The van der Waals surface area contributed by atoms with Gasteiger partial charge in [0.25, 0.3) is 0 Å². The van der Waals surface area contributed by atoms with E-state index in [0.717, 1.165) is 62.5 Å². The maximum atomic E-state index is 13.9. The Kier molecular flexibility index (Phi) is 4.82. The number of benzene rings is 1. The standard InChI is InChI=1S/C30H41NO4/c1-18(2)5-9-22(32)21-16-28-11-12-30(21,34-4)27-29(28)13-14-31(17-19-6-7-19)24(28)15-20-8-10-23(33-3)26(35-27)25(20)29/h8,10,18-19,21,24,27H,5-7,9,11-17H2,1-4H3/t21-,24-,27-,28-,29+,30-/m1/s1. The number of hydrogen-bond donors (Lipinski definition) is 0. The highest BCUT2D eigenvalue weighted by molar-refractivity contribution is 5.84. The maximum absolute atomic E-state index is 13.9. The first-order valence-corrected chi connectivity index (χ1v) is 14.1. The molecule has 1 saturated heterocycles. The number of Topliss-reactive ketones (excluding diaryl/α,β-unsaturated/α-hetero) is 1. The number of fused-ring (bicyclic) bond motifs is 2. The minimum absolute atomic E-state index is 0.0712. The highest BCUT2D eigenvalue weighted by Crippen LogP contribution is 2.76. The molecule has 5 fully saturated rings. The zero-order valence-electron chi connectivity index (χ0n) is 21.9. The van der Waals surface area contributed by atoms with E-state index in [2.05, 4.69) is 30.9 Å². The van der Waals surface area contributed by atoms with Gasteiger partial charge in [0.1, 0.15) is 17.5 Å². The predicted octanol–water partition coefficient (Wildman–Crippen LogP) is 4.93. The lowest BCUT2D eigenvalue weighted by Gasteiger charge is -2.73. The fraction of sp³-hybridized carbons (Fsp3) is 0.767. The Morgan fingerprint density at radius 3 is 2.74 bits per heavy atom. The van der Waals surface area contributed by atoms with Crippen molar-refractivity contribution in [1.29, 1.82) is 0 Å². The Bertz CT molecular complexity index is 1060. The van der Waals surface area contributed by atoms with Gasteiger partial charge in [-0.3, -0.25) is 9.69 Å². The van der Waals surface area contributed by atoms with Crippen LogP contribution in [0.2, 0.25) is 0 Å². The number of likely N-dealkylation sites (tertiary alicyclic amines) is 1. The van der Waals surface area contributed by atoms with E-state index in [4.69, 9.17) is 14.2 Å². The van der Waals surface area contributed by atoms with E-state index in [9.17, 15) is 4.79 Å². The van der Waals surface area contributed by atoms with Crippen molar-refractivity contribution in [2.45, 2.75) is 94.8 Å². The van der Waals surface area contributed by atoms with Crippen molar-refractivity contribution in [3.8, 4) is 11.5 Å². The van der Waals surface area contributed by atoms with E-state index in [-0.39, 0.29) is 22.9 Å². The average molecular weight is 480 g/mol. The lowest BCUT2D eigenvalue weighted by atomic mass is 9.34. The van der Waals surface area contributed by atoms with Crippen LogP contribution < -0.4 is 9.47 Å². The maximum Gasteiger partial charge on any atom is 0.165 e. The Morgan fingerprint density at radius 2 is 2.03 bits per heavy atom. The van der Waals surface area contributed by atoms with Crippen LogP contribution >= 0.6 is 0 Å². The normalized spacial score (nSPS) is 40.5. The van der Waals surface area contributed by atoms with E-state index >= 15 is 0 Å². The first-order valence-electron chi connectivity index (χ1n) is 14.1. The van der Waals surface area contributed by atoms with Crippen LogP contribution in [0.5, 0.6) is 11.5 Å². The summed E-state index contributed by atoms with van der Waals surface area (Å²) in [7, 11) is 3.59. The molecule has 0 amide bonds. The molecule has 8 rings (SSSR count). The molecule has 1 aromatic rings. The minimum Gasteiger partial charge on any atom is -0.493 e. The van der Waals surface area contributed by atoms with Crippen LogP contribution in [0.3, 0.4) is 0 Å². The molecule has 4 bridgehead atoms. The number of ether oxygens (including phenoxy) is 3. The van der Waals surface area contributed by atoms with Crippen molar-refractivity contribution in [2.75, 3.05) is 27.3 Å². The molecule has 2 spiro atoms. The zero-order chi connectivity index (χ0) is 24.2. The Morgan fingerprint density at radius 1 is 1.20 bits per heavy atom. The molecule has 0 unspecified atom stereocenters. The van der Waals surface area contributed by atoms with Crippen molar-refractivity contribution in [2.24, 2.45) is 23.2 Å². The lowest BCUT2D eigenvalue weighted by Crippen LogP contribution is -2.81. The smallest absolute Gasteiger partial charge is 0.165 e. The van der Waals surface area contributed by atoms with E-state index in [1.165, 1.54) is 30.5 Å². The second kappa shape index (κ2) is 7.47. The summed E-state index contributed by atoms with van der Waals surface area (Å²) in [5, 5.41) is 0. The number of piperidine rings is 1. The number of nitrogens with zero attached hydrogens (tertiary/aromatic N) is 1. The van der Waals surface area contributed by atoms with Gasteiger partial charge in [-0.1, -0.05) is 19.9 Å². The number of carbonyl (C=O) groups excluding carboxylic acids is 1. The summed E-state index contributed by atoms with van der Waals surface area (Å²) < 4.78 is 19.4. The van der Waals surface area contributed by atoms with Crippen LogP contribution in [0.25, 0.3) is 0 Å². The van der Waals surface area contributed by atoms with Crippen LogP contribution in [-0.2, 0) is 21.4 Å². The van der Waals surface area contributed by atoms with Crippen LogP contribution in [-0.4, -0.2) is 55.7 Å². The molecule has 6 atom stereocenters. The third-order valence-corrected chi connectivity index (χ3v) is 11.2. The number of ketones is 1. The third kappa shape index (κ3) is 2.70. The van der Waals surface area contributed by atoms with Crippen LogP contribution in [0.1, 0.15) is 76.3 Å². The summed E-state index contributed by atoms with van der Waals surface area (Å²) in [6.45, 7) is 6.79. The highest BCUT2D eigenvalue weighted by Gasteiger charge is 2.81. The van der Waals surface area contributed by atoms with E-state index < -0.39 is 5.60 Å². The van der Waals surface area contributed by atoms with Gasteiger partial charge in [-0.25, -0.2) is 0 Å². The van der Waals surface area contributed by atoms with Gasteiger partial charge in [0.15, 0.2) is 11.5 Å². The molecular formula is C30H41NO4. The molecule has 0 radical (unpaired) electrons. The van der Waals surface area contributed by atoms with Crippen molar-refractivity contribution < 1.29 is 19.0 Å². The molecule has 5 heteroatoms. The summed E-state index contributed by atoms with van der Waals surface area (Å²) in [4.78, 5) is 16.8. The number of carbonyl (C=O) groups is 1. The monoisotopic (exact) mass is 479 g/mol. The summed E-state index contributed by atoms with van der Waals surface area (Å²) in [5.41, 5.74) is 2.32. The molecule has 2 heterocycles. The molecule has 7 aliphatic rings. The Balaban J connectivity index is 1.40. The van der Waals surface area contributed by atoms with E-state index in [1.54, 1.807) is 7.11 Å². The van der Waals surface area contributed by atoms with Crippen LogP contribution in [0, 0.1) is 23.2 Å². The highest BCUT2D eigenvalue weighted by atomic mass is 16.6. The van der Waals surface area contributed by atoms with Gasteiger partial charge in [0, 0.05) is 42.5 Å². The average Bonchev–Trinajstić information content (AvgIpc) is 3.60. The van der Waals surface area contributed by atoms with Crippen LogP contribution in [0.15, 0.2) is 12.1 Å². The first kappa shape index (κ1) is 22.6. The van der Waals surface area contributed by atoms with Crippen molar-refractivity contribution in [3.63, 3.8) is 0 Å². The van der Waals surface area contributed by atoms with Gasteiger partial charge in [-0.15, -0.1) is 0 Å². The van der Waals surface area contributed by atoms with Crippen molar-refractivity contribution in [1.82, 2.24) is 4.90 Å². The fourth-order valence-electron chi connectivity index (χ4n) is 9.52. The summed E-state index contributed by atoms with van der Waals surface area (Å²) in [5.74, 6) is 3.52. The summed E-state index contributed by atoms with van der Waals surface area (Å²) in [6, 6.07) is 4.90. The van der Waals surface area contributed by atoms with E-state index in [0.29, 0.717) is 24.2 Å². The van der Waals surface area contributed by atoms with Crippen molar-refractivity contribution >= 4 is 5.78 Å².